The number of aromatic amines is 1. The van der Waals surface area contributed by atoms with Gasteiger partial charge in [-0.1, -0.05) is 56.1 Å². The number of aromatic nitrogens is 4. The minimum atomic E-state index is -1.33. The van der Waals surface area contributed by atoms with Gasteiger partial charge in [-0.05, 0) is 85.8 Å². The molecule has 4 aromatic rings. The number of amides is 3. The highest BCUT2D eigenvalue weighted by Crippen LogP contribution is 2.42. The number of hydrogen-bond acceptors (Lipinski definition) is 6. The Labute approximate surface area is 307 Å². The largest absolute Gasteiger partial charge is 0.381 e. The van der Waals surface area contributed by atoms with Gasteiger partial charge in [-0.3, -0.25) is 19.1 Å². The van der Waals surface area contributed by atoms with Crippen LogP contribution in [0.3, 0.4) is 0 Å². The van der Waals surface area contributed by atoms with Crippen LogP contribution in [0.2, 0.25) is 5.02 Å². The van der Waals surface area contributed by atoms with Crippen molar-refractivity contribution in [2.24, 2.45) is 18.9 Å². The fourth-order valence-electron chi connectivity index (χ4n) is 7.76. The Morgan fingerprint density at radius 2 is 1.81 bits per heavy atom. The molecule has 2 aromatic heterocycles. The molecule has 1 aliphatic heterocycles. The van der Waals surface area contributed by atoms with Crippen molar-refractivity contribution in [1.29, 1.82) is 0 Å². The van der Waals surface area contributed by atoms with Gasteiger partial charge in [-0.25, -0.2) is 9.37 Å². The van der Waals surface area contributed by atoms with Crippen LogP contribution >= 0.6 is 11.6 Å². The van der Waals surface area contributed by atoms with Gasteiger partial charge in [0.25, 0.3) is 5.91 Å². The minimum absolute atomic E-state index is 0.0116. The number of carbonyl (C=O) groups excluding carboxylic acids is 3. The molecular formula is C39H47ClFN7O4. The molecule has 4 N–H and O–H groups in total. The lowest BCUT2D eigenvalue weighted by molar-refractivity contribution is -0.136. The SMILES string of the molecule is CC(C)[C@@H](c1ccccc1Cl)[C@H](NC(=O)c1ccnn1C)c1nc2cc(C3(C(=O)N[C@@H](C(=O)NCC4(F)CC4)C4CCC4)CCOCC3)ccc2[nH]1. The maximum atomic E-state index is 14.4. The number of nitrogens with zero attached hydrogens (tertiary/aromatic N) is 3. The summed E-state index contributed by atoms with van der Waals surface area (Å²) >= 11 is 6.77. The summed E-state index contributed by atoms with van der Waals surface area (Å²) in [5.41, 5.74) is 1.16. The molecule has 2 aliphatic carbocycles. The lowest BCUT2D eigenvalue weighted by Gasteiger charge is -2.40. The van der Waals surface area contributed by atoms with Crippen molar-refractivity contribution >= 4 is 40.4 Å². The zero-order valence-electron chi connectivity index (χ0n) is 29.9. The molecule has 11 nitrogen and oxygen atoms in total. The Kier molecular flexibility index (Phi) is 10.1. The average Bonchev–Trinajstić information content (AvgIpc) is 3.46. The molecule has 1 saturated heterocycles. The maximum absolute atomic E-state index is 14.4. The van der Waals surface area contributed by atoms with Crippen LogP contribution in [0.4, 0.5) is 4.39 Å². The molecule has 7 rings (SSSR count). The quantitative estimate of drug-likeness (QED) is 0.137. The predicted octanol–water partition coefficient (Wildman–Crippen LogP) is 5.81. The van der Waals surface area contributed by atoms with Gasteiger partial charge in [0.1, 0.15) is 23.2 Å². The minimum Gasteiger partial charge on any atom is -0.381 e. The van der Waals surface area contributed by atoms with Gasteiger partial charge in [-0.2, -0.15) is 5.10 Å². The van der Waals surface area contributed by atoms with Crippen LogP contribution in [0.25, 0.3) is 11.0 Å². The summed E-state index contributed by atoms with van der Waals surface area (Å²) in [5.74, 6) is -0.498. The molecule has 3 fully saturated rings. The van der Waals surface area contributed by atoms with Gasteiger partial charge < -0.3 is 25.7 Å². The first-order chi connectivity index (χ1) is 25.0. The highest BCUT2D eigenvalue weighted by molar-refractivity contribution is 6.31. The molecule has 52 heavy (non-hydrogen) atoms. The van der Waals surface area contributed by atoms with Crippen molar-refractivity contribution in [2.45, 2.75) is 87.9 Å². The van der Waals surface area contributed by atoms with Crippen molar-refractivity contribution in [2.75, 3.05) is 19.8 Å². The van der Waals surface area contributed by atoms with E-state index in [2.05, 4.69) is 39.9 Å². The Hall–Kier alpha value is -4.29. The van der Waals surface area contributed by atoms with Gasteiger partial charge in [0, 0.05) is 37.4 Å². The standard InChI is InChI=1S/C39H47ClFN7O4/c1-23(2)31(26-9-4-5-10-27(26)40)33(46-35(49)30-13-18-43-48(30)3)34-44-28-12-11-25(21-29(28)45-34)39(16-19-52-20-17-39)37(51)47-32(24-7-6-8-24)36(50)42-22-38(41)14-15-38/h4-5,9-13,18,21,23-24,31-33H,6-8,14-17,19-20,22H2,1-3H3,(H,42,50)(H,44,45)(H,46,49)(H,47,51)/t31-,32+,33-/m0/s1. The molecule has 2 saturated carbocycles. The number of imidazole rings is 1. The average molecular weight is 732 g/mol. The van der Waals surface area contributed by atoms with Gasteiger partial charge >= 0.3 is 0 Å². The third-order valence-electron chi connectivity index (χ3n) is 11.4. The monoisotopic (exact) mass is 731 g/mol. The summed E-state index contributed by atoms with van der Waals surface area (Å²) in [6, 6.07) is 13.8. The number of nitrogens with one attached hydrogen (secondary N) is 4. The van der Waals surface area contributed by atoms with Crippen molar-refractivity contribution in [3.8, 4) is 0 Å². The van der Waals surface area contributed by atoms with Crippen molar-refractivity contribution in [3.63, 3.8) is 0 Å². The van der Waals surface area contributed by atoms with E-state index < -0.39 is 23.2 Å². The number of rotatable bonds is 13. The topological polar surface area (TPSA) is 143 Å². The predicted molar refractivity (Wildman–Crippen MR) is 196 cm³/mol. The third kappa shape index (κ3) is 7.19. The fourth-order valence-corrected chi connectivity index (χ4v) is 8.03. The van der Waals surface area contributed by atoms with E-state index in [1.165, 1.54) is 4.68 Å². The number of aryl methyl sites for hydroxylation is 1. The van der Waals surface area contributed by atoms with Crippen LogP contribution < -0.4 is 16.0 Å². The van der Waals surface area contributed by atoms with Gasteiger partial charge in [-0.15, -0.1) is 0 Å². The second kappa shape index (κ2) is 14.6. The fraction of sp³-hybridized carbons (Fsp3) is 0.513. The van der Waals surface area contributed by atoms with Crippen LogP contribution in [-0.4, -0.2) is 68.9 Å². The molecular weight excluding hydrogens is 685 g/mol. The normalized spacial score (nSPS) is 19.7. The number of halogens is 2. The molecule has 0 radical (unpaired) electrons. The molecule has 3 aliphatic rings. The Morgan fingerprint density at radius 3 is 2.44 bits per heavy atom. The van der Waals surface area contributed by atoms with Gasteiger partial charge in [0.15, 0.2) is 0 Å². The zero-order chi connectivity index (χ0) is 36.6. The van der Waals surface area contributed by atoms with Crippen LogP contribution in [0.5, 0.6) is 0 Å². The summed E-state index contributed by atoms with van der Waals surface area (Å²) in [5, 5.41) is 13.9. The van der Waals surface area contributed by atoms with Crippen molar-refractivity contribution in [1.82, 2.24) is 35.7 Å². The molecule has 3 atom stereocenters. The molecule has 3 heterocycles. The van der Waals surface area contributed by atoms with E-state index in [4.69, 9.17) is 21.3 Å². The van der Waals surface area contributed by atoms with E-state index in [9.17, 15) is 18.8 Å². The lowest BCUT2D eigenvalue weighted by atomic mass is 9.72. The number of fused-ring (bicyclic) bond motifs is 1. The van der Waals surface area contributed by atoms with Crippen LogP contribution in [-0.2, 0) is 26.8 Å². The number of ether oxygens (including phenoxy) is 1. The van der Waals surface area contributed by atoms with E-state index in [1.54, 1.807) is 19.3 Å². The molecule has 13 heteroatoms. The van der Waals surface area contributed by atoms with E-state index in [0.29, 0.717) is 61.0 Å². The van der Waals surface area contributed by atoms with E-state index in [-0.39, 0.29) is 42.0 Å². The van der Waals surface area contributed by atoms with Crippen molar-refractivity contribution in [3.05, 3.63) is 82.4 Å². The maximum Gasteiger partial charge on any atom is 0.270 e. The van der Waals surface area contributed by atoms with E-state index >= 15 is 0 Å². The number of carbonyl (C=O) groups is 3. The van der Waals surface area contributed by atoms with E-state index in [0.717, 1.165) is 35.9 Å². The Balaban J connectivity index is 1.22. The van der Waals surface area contributed by atoms with Crippen LogP contribution in [0.1, 0.15) is 98.2 Å². The third-order valence-corrected chi connectivity index (χ3v) is 11.7. The zero-order valence-corrected chi connectivity index (χ0v) is 30.6. The van der Waals surface area contributed by atoms with Crippen molar-refractivity contribution < 1.29 is 23.5 Å². The summed E-state index contributed by atoms with van der Waals surface area (Å²) < 4.78 is 21.7. The highest BCUT2D eigenvalue weighted by atomic mass is 35.5. The molecule has 2 aromatic carbocycles. The van der Waals surface area contributed by atoms with Gasteiger partial charge in [0.05, 0.1) is 29.0 Å². The highest BCUT2D eigenvalue weighted by Gasteiger charge is 2.47. The van der Waals surface area contributed by atoms with Gasteiger partial charge in [0.2, 0.25) is 11.8 Å². The van der Waals surface area contributed by atoms with Crippen LogP contribution in [0.15, 0.2) is 54.7 Å². The number of alkyl halides is 1. The Morgan fingerprint density at radius 1 is 1.06 bits per heavy atom. The second-order valence-electron chi connectivity index (χ2n) is 15.1. The Bertz CT molecular complexity index is 1950. The molecule has 3 amide bonds. The summed E-state index contributed by atoms with van der Waals surface area (Å²) in [7, 11) is 1.72. The molecule has 0 unspecified atom stereocenters. The first-order valence-electron chi connectivity index (χ1n) is 18.4. The first kappa shape index (κ1) is 36.1. The molecule has 0 spiro atoms. The summed E-state index contributed by atoms with van der Waals surface area (Å²) in [4.78, 5) is 50.1. The molecule has 0 bridgehead atoms. The first-order valence-corrected chi connectivity index (χ1v) is 18.7. The molecule has 276 valence electrons. The number of benzene rings is 2. The second-order valence-corrected chi connectivity index (χ2v) is 15.5. The number of H-pyrrole nitrogens is 1. The number of hydrogen-bond donors (Lipinski definition) is 4. The lowest BCUT2D eigenvalue weighted by Crippen LogP contribution is -2.58. The van der Waals surface area contributed by atoms with E-state index in [1.807, 2.05) is 42.5 Å². The summed E-state index contributed by atoms with van der Waals surface area (Å²) in [6.45, 7) is 4.92. The van der Waals surface area contributed by atoms with Crippen LogP contribution in [0, 0.1) is 11.8 Å². The smallest absolute Gasteiger partial charge is 0.270 e. The summed E-state index contributed by atoms with van der Waals surface area (Å²) in [6.07, 6.45) is 6.00.